The number of rotatable bonds is 4. The first kappa shape index (κ1) is 29.8. The van der Waals surface area contributed by atoms with Crippen molar-refractivity contribution in [3.05, 3.63) is 169 Å². The van der Waals surface area contributed by atoms with Crippen molar-refractivity contribution >= 4 is 43.7 Å². The van der Waals surface area contributed by atoms with Crippen molar-refractivity contribution < 1.29 is 4.42 Å². The van der Waals surface area contributed by atoms with Crippen LogP contribution in [0.2, 0.25) is 0 Å². The molecule has 0 amide bonds. The third-order valence-electron chi connectivity index (χ3n) is 11.0. The third-order valence-corrected chi connectivity index (χ3v) is 11.0. The van der Waals surface area contributed by atoms with Crippen LogP contribution in [0.3, 0.4) is 0 Å². The number of hydrogen-bond acceptors (Lipinski definition) is 4. The van der Waals surface area contributed by atoms with Crippen LogP contribution in [0.1, 0.15) is 25.0 Å². The van der Waals surface area contributed by atoms with E-state index in [4.69, 9.17) is 19.4 Å². The molecule has 0 aliphatic heterocycles. The van der Waals surface area contributed by atoms with Gasteiger partial charge in [-0.1, -0.05) is 135 Å². The Bertz CT molecular complexity index is 3010. The number of para-hydroxylation sites is 2. The van der Waals surface area contributed by atoms with Gasteiger partial charge in [0.25, 0.3) is 0 Å². The van der Waals surface area contributed by atoms with Crippen LogP contribution in [0.5, 0.6) is 0 Å². The summed E-state index contributed by atoms with van der Waals surface area (Å²) < 4.78 is 9.31. The minimum atomic E-state index is -0.211. The second kappa shape index (κ2) is 11.1. The molecule has 0 unspecified atom stereocenters. The predicted octanol–water partition coefficient (Wildman–Crippen LogP) is 12.2. The predicted molar refractivity (Wildman–Crippen MR) is 215 cm³/mol. The maximum atomic E-state index is 6.93. The van der Waals surface area contributed by atoms with Crippen molar-refractivity contribution in [1.29, 1.82) is 0 Å². The molecule has 1 aliphatic rings. The Kier molecular flexibility index (Phi) is 6.23. The van der Waals surface area contributed by atoms with Crippen LogP contribution in [-0.2, 0) is 5.41 Å². The van der Waals surface area contributed by atoms with Gasteiger partial charge in [0.15, 0.2) is 23.1 Å². The summed E-state index contributed by atoms with van der Waals surface area (Å²) in [6.07, 6.45) is 0. The molecule has 3 heterocycles. The molecule has 0 fully saturated rings. The van der Waals surface area contributed by atoms with E-state index in [0.717, 1.165) is 50.0 Å². The standard InChI is InChI=1S/C48H32N4O/c1-48(2)36-22-12-9-19-33(36)39-40-34-20-10-13-23-37(34)52(43(40)44-41(42(39)48)35-21-11-14-24-38(35)53-44)32-27-25-31(26-28-32)47-50-45(29-15-5-3-6-16-29)49-46(51-47)30-17-7-4-8-18-30/h3-28H,1-2H3. The van der Waals surface area contributed by atoms with Gasteiger partial charge in [-0.2, -0.15) is 0 Å². The number of benzene rings is 7. The average Bonchev–Trinajstić information content (AvgIpc) is 3.84. The van der Waals surface area contributed by atoms with Crippen LogP contribution in [-0.4, -0.2) is 19.5 Å². The van der Waals surface area contributed by atoms with Gasteiger partial charge in [-0.25, -0.2) is 15.0 Å². The molecule has 3 aromatic heterocycles. The summed E-state index contributed by atoms with van der Waals surface area (Å²) in [4.78, 5) is 14.9. The van der Waals surface area contributed by atoms with Crippen LogP contribution in [0.15, 0.2) is 162 Å². The van der Waals surface area contributed by atoms with Gasteiger partial charge in [0, 0.05) is 49.3 Å². The highest BCUT2D eigenvalue weighted by Gasteiger charge is 2.41. The van der Waals surface area contributed by atoms with Crippen molar-refractivity contribution in [2.75, 3.05) is 0 Å². The van der Waals surface area contributed by atoms with E-state index in [1.54, 1.807) is 0 Å². The monoisotopic (exact) mass is 680 g/mol. The zero-order valence-corrected chi connectivity index (χ0v) is 29.2. The number of hydrogen-bond donors (Lipinski definition) is 0. The summed E-state index contributed by atoms with van der Waals surface area (Å²) >= 11 is 0. The molecule has 1 aliphatic carbocycles. The fraction of sp³-hybridized carbons (Fsp3) is 0.0625. The lowest BCUT2D eigenvalue weighted by Crippen LogP contribution is -2.15. The zero-order chi connectivity index (χ0) is 35.3. The van der Waals surface area contributed by atoms with Crippen LogP contribution in [0, 0.1) is 0 Å². The molecule has 11 rings (SSSR count). The molecule has 53 heavy (non-hydrogen) atoms. The van der Waals surface area contributed by atoms with Gasteiger partial charge in [-0.3, -0.25) is 0 Å². The van der Waals surface area contributed by atoms with Crippen molar-refractivity contribution in [3.63, 3.8) is 0 Å². The van der Waals surface area contributed by atoms with Crippen molar-refractivity contribution in [2.45, 2.75) is 19.3 Å². The van der Waals surface area contributed by atoms with E-state index < -0.39 is 0 Å². The highest BCUT2D eigenvalue weighted by atomic mass is 16.3. The SMILES string of the molecule is CC1(C)c2ccccc2-c2c1c1c3ccccc3oc1c1c2c2ccccc2n1-c1ccc(-c2nc(-c3ccccc3)nc(-c3ccccc3)n2)cc1. The maximum absolute atomic E-state index is 6.93. The van der Waals surface area contributed by atoms with Crippen LogP contribution < -0.4 is 0 Å². The minimum absolute atomic E-state index is 0.211. The van der Waals surface area contributed by atoms with Crippen molar-refractivity contribution in [2.24, 2.45) is 0 Å². The molecule has 0 N–H and O–H groups in total. The molecule has 250 valence electrons. The molecule has 0 atom stereocenters. The molecule has 0 radical (unpaired) electrons. The van der Waals surface area contributed by atoms with E-state index in [1.807, 2.05) is 60.7 Å². The first-order chi connectivity index (χ1) is 26.1. The van der Waals surface area contributed by atoms with E-state index in [2.05, 4.69) is 115 Å². The second-order valence-electron chi connectivity index (χ2n) is 14.4. The topological polar surface area (TPSA) is 56.7 Å². The Hall–Kier alpha value is -6.85. The molecular formula is C48H32N4O. The lowest BCUT2D eigenvalue weighted by molar-refractivity contribution is 0.658. The van der Waals surface area contributed by atoms with E-state index in [0.29, 0.717) is 17.5 Å². The number of nitrogens with zero attached hydrogens (tertiary/aromatic N) is 4. The fourth-order valence-electron chi connectivity index (χ4n) is 8.66. The van der Waals surface area contributed by atoms with E-state index in [9.17, 15) is 0 Å². The van der Waals surface area contributed by atoms with Crippen LogP contribution in [0.4, 0.5) is 0 Å². The van der Waals surface area contributed by atoms with Crippen LogP contribution >= 0.6 is 0 Å². The van der Waals surface area contributed by atoms with Crippen LogP contribution in [0.25, 0.3) is 94.7 Å². The number of furan rings is 1. The quantitative estimate of drug-likeness (QED) is 0.186. The van der Waals surface area contributed by atoms with E-state index in [1.165, 1.54) is 38.4 Å². The molecule has 0 bridgehead atoms. The highest BCUT2D eigenvalue weighted by molar-refractivity contribution is 6.29. The summed E-state index contributed by atoms with van der Waals surface area (Å²) in [5.41, 5.74) is 12.9. The van der Waals surface area contributed by atoms with Gasteiger partial charge in [0.2, 0.25) is 0 Å². The largest absolute Gasteiger partial charge is 0.454 e. The fourth-order valence-corrected chi connectivity index (χ4v) is 8.66. The van der Waals surface area contributed by atoms with Gasteiger partial charge in [-0.15, -0.1) is 0 Å². The Morgan fingerprint density at radius 3 is 1.74 bits per heavy atom. The summed E-state index contributed by atoms with van der Waals surface area (Å²) in [6.45, 7) is 4.71. The molecule has 0 saturated heterocycles. The average molecular weight is 681 g/mol. The number of fused-ring (bicyclic) bond motifs is 12. The van der Waals surface area contributed by atoms with Crippen molar-refractivity contribution in [1.82, 2.24) is 19.5 Å². The lowest BCUT2D eigenvalue weighted by Gasteiger charge is -2.22. The van der Waals surface area contributed by atoms with E-state index >= 15 is 0 Å². The molecule has 0 spiro atoms. The third kappa shape index (κ3) is 4.28. The zero-order valence-electron chi connectivity index (χ0n) is 29.2. The van der Waals surface area contributed by atoms with Gasteiger partial charge in [0.1, 0.15) is 5.58 Å². The summed E-state index contributed by atoms with van der Waals surface area (Å²) in [5.74, 6) is 1.92. The maximum Gasteiger partial charge on any atom is 0.164 e. The summed E-state index contributed by atoms with van der Waals surface area (Å²) in [6, 6.07) is 54.9. The molecule has 7 aromatic carbocycles. The normalized spacial score (nSPS) is 13.2. The smallest absolute Gasteiger partial charge is 0.164 e. The van der Waals surface area contributed by atoms with Gasteiger partial charge in [-0.05, 0) is 58.7 Å². The molecule has 0 saturated carbocycles. The molecule has 5 nitrogen and oxygen atoms in total. The second-order valence-corrected chi connectivity index (χ2v) is 14.4. The van der Waals surface area contributed by atoms with E-state index in [-0.39, 0.29) is 5.41 Å². The Labute approximate surface area is 305 Å². The lowest BCUT2D eigenvalue weighted by atomic mass is 9.80. The first-order valence-corrected chi connectivity index (χ1v) is 18.0. The molecule has 5 heteroatoms. The molecular weight excluding hydrogens is 649 g/mol. The first-order valence-electron chi connectivity index (χ1n) is 18.0. The summed E-state index contributed by atoms with van der Waals surface area (Å²) in [7, 11) is 0. The number of aromatic nitrogens is 4. The van der Waals surface area contributed by atoms with Gasteiger partial charge in [0.05, 0.1) is 11.0 Å². The Balaban J connectivity index is 1.18. The van der Waals surface area contributed by atoms with Gasteiger partial charge < -0.3 is 8.98 Å². The van der Waals surface area contributed by atoms with Gasteiger partial charge >= 0.3 is 0 Å². The summed E-state index contributed by atoms with van der Waals surface area (Å²) in [5, 5.41) is 4.76. The highest BCUT2D eigenvalue weighted by Crippen LogP contribution is 2.58. The van der Waals surface area contributed by atoms with Crippen molar-refractivity contribution in [3.8, 4) is 51.0 Å². The Morgan fingerprint density at radius 1 is 0.509 bits per heavy atom. The molecule has 10 aromatic rings. The Morgan fingerprint density at radius 2 is 1.06 bits per heavy atom. The minimum Gasteiger partial charge on any atom is -0.454 e.